The molecule has 0 saturated heterocycles. The van der Waals surface area contributed by atoms with E-state index in [2.05, 4.69) is 10.2 Å². The molecule has 0 spiro atoms. The number of carbonyl (C=O) groups excluding carboxylic acids is 1. The Kier molecular flexibility index (Phi) is 4.97. The van der Waals surface area contributed by atoms with E-state index in [1.165, 1.54) is 23.1 Å². The number of aromatic nitrogens is 2. The molecule has 1 atom stereocenters. The highest BCUT2D eigenvalue weighted by atomic mass is 32.2. The van der Waals surface area contributed by atoms with Gasteiger partial charge in [0.2, 0.25) is 5.13 Å². The van der Waals surface area contributed by atoms with Gasteiger partial charge in [0.15, 0.2) is 10.1 Å². The summed E-state index contributed by atoms with van der Waals surface area (Å²) < 4.78 is 0.693. The summed E-state index contributed by atoms with van der Waals surface area (Å²) in [5.74, 6) is 0.0534. The monoisotopic (exact) mass is 355 g/mol. The summed E-state index contributed by atoms with van der Waals surface area (Å²) in [7, 11) is 0. The zero-order chi connectivity index (χ0) is 17.1. The summed E-state index contributed by atoms with van der Waals surface area (Å²) >= 11 is 2.69. The molecule has 0 radical (unpaired) electrons. The van der Waals surface area contributed by atoms with E-state index in [4.69, 9.17) is 5.73 Å². The number of nitrogens with two attached hydrogens (primary N) is 1. The number of aryl methyl sites for hydroxylation is 2. The SMILES string of the molecule is Cc1ccc(C(=O)C(Sc2nnc(N)s2)c2ccc(C)cc2)cc1. The molecule has 3 aromatic rings. The van der Waals surface area contributed by atoms with Gasteiger partial charge in [-0.25, -0.2) is 0 Å². The summed E-state index contributed by atoms with van der Waals surface area (Å²) in [4.78, 5) is 13.1. The molecular weight excluding hydrogens is 338 g/mol. The fourth-order valence-corrected chi connectivity index (χ4v) is 4.16. The van der Waals surface area contributed by atoms with E-state index in [1.807, 2.05) is 62.4 Å². The predicted octanol–water partition coefficient (Wildman–Crippen LogP) is 4.45. The Balaban J connectivity index is 1.95. The van der Waals surface area contributed by atoms with Crippen LogP contribution in [-0.2, 0) is 0 Å². The van der Waals surface area contributed by atoms with E-state index < -0.39 is 0 Å². The third kappa shape index (κ3) is 3.83. The number of nitrogen functional groups attached to an aromatic ring is 1. The maximum Gasteiger partial charge on any atom is 0.203 e. The lowest BCUT2D eigenvalue weighted by atomic mass is 10.0. The van der Waals surface area contributed by atoms with Crippen molar-refractivity contribution < 1.29 is 4.79 Å². The van der Waals surface area contributed by atoms with Crippen molar-refractivity contribution in [3.05, 3.63) is 70.8 Å². The van der Waals surface area contributed by atoms with Crippen molar-refractivity contribution in [3.8, 4) is 0 Å². The molecule has 1 aromatic heterocycles. The Morgan fingerprint density at radius 2 is 1.58 bits per heavy atom. The van der Waals surface area contributed by atoms with Gasteiger partial charge in [-0.1, -0.05) is 82.8 Å². The van der Waals surface area contributed by atoms with Crippen LogP contribution in [0, 0.1) is 13.8 Å². The van der Waals surface area contributed by atoms with Crippen LogP contribution < -0.4 is 5.73 Å². The molecule has 3 rings (SSSR count). The van der Waals surface area contributed by atoms with Gasteiger partial charge in [0.25, 0.3) is 0 Å². The van der Waals surface area contributed by atoms with Crippen LogP contribution in [-0.4, -0.2) is 16.0 Å². The van der Waals surface area contributed by atoms with E-state index in [0.717, 1.165) is 16.7 Å². The number of carbonyl (C=O) groups is 1. The van der Waals surface area contributed by atoms with Crippen molar-refractivity contribution in [2.45, 2.75) is 23.4 Å². The largest absolute Gasteiger partial charge is 0.374 e. The molecule has 0 amide bonds. The first-order valence-electron chi connectivity index (χ1n) is 7.46. The van der Waals surface area contributed by atoms with Gasteiger partial charge in [-0.15, -0.1) is 10.2 Å². The lowest BCUT2D eigenvalue weighted by molar-refractivity contribution is 0.0989. The minimum atomic E-state index is -0.374. The smallest absolute Gasteiger partial charge is 0.203 e. The molecule has 0 aliphatic rings. The number of thioether (sulfide) groups is 1. The minimum Gasteiger partial charge on any atom is -0.374 e. The molecule has 4 nitrogen and oxygen atoms in total. The first-order valence-corrected chi connectivity index (χ1v) is 9.15. The molecule has 0 aliphatic heterocycles. The summed E-state index contributed by atoms with van der Waals surface area (Å²) in [6, 6.07) is 15.6. The average Bonchev–Trinajstić information content (AvgIpc) is 2.99. The van der Waals surface area contributed by atoms with Gasteiger partial charge in [-0.3, -0.25) is 4.79 Å². The Morgan fingerprint density at radius 1 is 1.00 bits per heavy atom. The number of hydrogen-bond acceptors (Lipinski definition) is 6. The molecule has 0 bridgehead atoms. The zero-order valence-corrected chi connectivity index (χ0v) is 15.0. The lowest BCUT2D eigenvalue weighted by Gasteiger charge is -2.15. The first-order chi connectivity index (χ1) is 11.5. The highest BCUT2D eigenvalue weighted by Gasteiger charge is 2.25. The second-order valence-corrected chi connectivity index (χ2v) is 7.91. The van der Waals surface area contributed by atoms with Crippen LogP contribution in [0.4, 0.5) is 5.13 Å². The Morgan fingerprint density at radius 3 is 2.12 bits per heavy atom. The quantitative estimate of drug-likeness (QED) is 0.541. The summed E-state index contributed by atoms with van der Waals surface area (Å²) in [6.45, 7) is 4.03. The van der Waals surface area contributed by atoms with Crippen LogP contribution in [0.3, 0.4) is 0 Å². The lowest BCUT2D eigenvalue weighted by Crippen LogP contribution is -2.10. The Bertz CT molecular complexity index is 841. The maximum absolute atomic E-state index is 13.1. The van der Waals surface area contributed by atoms with Crippen molar-refractivity contribution in [3.63, 3.8) is 0 Å². The molecule has 24 heavy (non-hydrogen) atoms. The minimum absolute atomic E-state index is 0.0534. The van der Waals surface area contributed by atoms with Gasteiger partial charge in [0, 0.05) is 5.56 Å². The summed E-state index contributed by atoms with van der Waals surface area (Å²) in [5.41, 5.74) is 9.59. The van der Waals surface area contributed by atoms with Gasteiger partial charge in [0.1, 0.15) is 0 Å². The van der Waals surface area contributed by atoms with Crippen molar-refractivity contribution in [2.75, 3.05) is 5.73 Å². The summed E-state index contributed by atoms with van der Waals surface area (Å²) in [6.07, 6.45) is 0. The van der Waals surface area contributed by atoms with Gasteiger partial charge in [0.05, 0.1) is 5.25 Å². The fourth-order valence-electron chi connectivity index (χ4n) is 2.25. The molecule has 0 fully saturated rings. The number of hydrogen-bond donors (Lipinski definition) is 1. The first kappa shape index (κ1) is 16.7. The number of nitrogens with zero attached hydrogens (tertiary/aromatic N) is 2. The number of ketones is 1. The van der Waals surface area contributed by atoms with Gasteiger partial charge < -0.3 is 5.73 Å². The van der Waals surface area contributed by atoms with E-state index in [1.54, 1.807) is 0 Å². The van der Waals surface area contributed by atoms with Crippen molar-refractivity contribution in [1.29, 1.82) is 0 Å². The number of Topliss-reactive ketones (excluding diaryl/α,β-unsaturated/α-hetero) is 1. The molecule has 0 aliphatic carbocycles. The van der Waals surface area contributed by atoms with Crippen molar-refractivity contribution >= 4 is 34.0 Å². The topological polar surface area (TPSA) is 68.9 Å². The van der Waals surface area contributed by atoms with Crippen LogP contribution in [0.1, 0.15) is 32.3 Å². The normalized spacial score (nSPS) is 12.1. The van der Waals surface area contributed by atoms with Gasteiger partial charge >= 0.3 is 0 Å². The van der Waals surface area contributed by atoms with Crippen molar-refractivity contribution in [1.82, 2.24) is 10.2 Å². The highest BCUT2D eigenvalue weighted by Crippen LogP contribution is 2.39. The highest BCUT2D eigenvalue weighted by molar-refractivity contribution is 8.02. The molecule has 1 unspecified atom stereocenters. The summed E-state index contributed by atoms with van der Waals surface area (Å²) in [5, 5.41) is 7.91. The Labute approximate surface area is 149 Å². The third-order valence-corrected chi connectivity index (χ3v) is 5.69. The zero-order valence-electron chi connectivity index (χ0n) is 13.4. The standard InChI is InChI=1S/C18H17N3OS2/c1-11-3-7-13(8-4-11)15(22)16(14-9-5-12(2)6-10-14)23-18-21-20-17(19)24-18/h3-10,16H,1-2H3,(H2,19,20). The van der Waals surface area contributed by atoms with E-state index in [-0.39, 0.29) is 11.0 Å². The maximum atomic E-state index is 13.1. The molecule has 6 heteroatoms. The number of benzene rings is 2. The second-order valence-electron chi connectivity index (χ2n) is 5.55. The number of anilines is 1. The van der Waals surface area contributed by atoms with E-state index in [0.29, 0.717) is 15.0 Å². The van der Waals surface area contributed by atoms with Crippen LogP contribution >= 0.6 is 23.1 Å². The van der Waals surface area contributed by atoms with Crippen LogP contribution in [0.2, 0.25) is 0 Å². The predicted molar refractivity (Wildman–Crippen MR) is 99.6 cm³/mol. The van der Waals surface area contributed by atoms with Crippen LogP contribution in [0.5, 0.6) is 0 Å². The van der Waals surface area contributed by atoms with Gasteiger partial charge in [-0.2, -0.15) is 0 Å². The molecule has 2 aromatic carbocycles. The van der Waals surface area contributed by atoms with E-state index >= 15 is 0 Å². The Hall–Kier alpha value is -2.18. The van der Waals surface area contributed by atoms with Crippen molar-refractivity contribution in [2.24, 2.45) is 0 Å². The van der Waals surface area contributed by atoms with Gasteiger partial charge in [-0.05, 0) is 19.4 Å². The molecule has 122 valence electrons. The van der Waals surface area contributed by atoms with Crippen LogP contribution in [0.15, 0.2) is 52.9 Å². The molecule has 2 N–H and O–H groups in total. The van der Waals surface area contributed by atoms with Crippen LogP contribution in [0.25, 0.3) is 0 Å². The van der Waals surface area contributed by atoms with E-state index in [9.17, 15) is 4.79 Å². The molecule has 1 heterocycles. The average molecular weight is 355 g/mol. The molecular formula is C18H17N3OS2. The second kappa shape index (κ2) is 7.15. The molecule has 0 saturated carbocycles. The third-order valence-electron chi connectivity index (χ3n) is 3.60. The fraction of sp³-hybridized carbons (Fsp3) is 0.167. The number of rotatable bonds is 5.